The minimum atomic E-state index is -1.97. The van der Waals surface area contributed by atoms with Gasteiger partial charge in [0.15, 0.2) is 0 Å². The first kappa shape index (κ1) is 28.5. The van der Waals surface area contributed by atoms with Crippen molar-refractivity contribution in [3.63, 3.8) is 0 Å². The number of benzene rings is 1. The Bertz CT molecular complexity index is 587. The van der Waals surface area contributed by atoms with E-state index in [0.29, 0.717) is 0 Å². The molecule has 4 nitrogen and oxygen atoms in total. The zero-order chi connectivity index (χ0) is 19.3. The predicted octanol–water partition coefficient (Wildman–Crippen LogP) is 3.94. The molecule has 0 heterocycles. The molecule has 6 heteroatoms. The van der Waals surface area contributed by atoms with E-state index in [1.807, 2.05) is 18.2 Å². The smallest absolute Gasteiger partial charge is 4.00 e. The van der Waals surface area contributed by atoms with Crippen LogP contribution >= 0.6 is 0 Å². The third kappa shape index (κ3) is 10.3. The summed E-state index contributed by atoms with van der Waals surface area (Å²) in [5.41, 5.74) is 8.17. The van der Waals surface area contributed by atoms with E-state index in [1.54, 1.807) is 12.1 Å². The van der Waals surface area contributed by atoms with Crippen LogP contribution in [0, 0.1) is 47.9 Å². The van der Waals surface area contributed by atoms with Crippen LogP contribution in [0.3, 0.4) is 0 Å². The van der Waals surface area contributed by atoms with Crippen molar-refractivity contribution >= 4 is 11.1 Å². The van der Waals surface area contributed by atoms with E-state index >= 15 is 0 Å². The van der Waals surface area contributed by atoms with Crippen LogP contribution in [0.4, 0.5) is 0 Å². The molecular weight excluding hydrogens is 380 g/mol. The van der Waals surface area contributed by atoms with E-state index in [-0.39, 0.29) is 22.8 Å². The Morgan fingerprint density at radius 3 is 1.56 bits per heavy atom. The van der Waals surface area contributed by atoms with Crippen LogP contribution in [0.25, 0.3) is 0 Å². The molecule has 0 aromatic heterocycles. The summed E-state index contributed by atoms with van der Waals surface area (Å²) in [7, 11) is 0. The van der Waals surface area contributed by atoms with Crippen LogP contribution in [0.15, 0.2) is 30.3 Å². The average molecular weight is 402 g/mol. The van der Waals surface area contributed by atoms with Crippen molar-refractivity contribution in [2.75, 3.05) is 0 Å². The maximum absolute atomic E-state index is 10.2. The zero-order valence-corrected chi connectivity index (χ0v) is 16.9. The van der Waals surface area contributed by atoms with Crippen LogP contribution in [0.5, 0.6) is 0 Å². The summed E-state index contributed by atoms with van der Waals surface area (Å²) >= 11 is -1.97. The van der Waals surface area contributed by atoms with Gasteiger partial charge < -0.3 is 4.55 Å². The van der Waals surface area contributed by atoms with Crippen LogP contribution in [-0.4, -0.2) is 8.76 Å². The second kappa shape index (κ2) is 16.2. The molecule has 2 aromatic carbocycles. The van der Waals surface area contributed by atoms with E-state index < -0.39 is 11.1 Å². The van der Waals surface area contributed by atoms with E-state index in [1.165, 1.54) is 27.8 Å². The quantitative estimate of drug-likeness (QED) is 0.330. The Hall–Kier alpha value is -1.32. The summed E-state index contributed by atoms with van der Waals surface area (Å²) in [6, 6.07) is 9.08. The van der Waals surface area contributed by atoms with E-state index in [9.17, 15) is 8.76 Å². The van der Waals surface area contributed by atoms with Gasteiger partial charge in [-0.3, -0.25) is 4.21 Å². The minimum Gasteiger partial charge on any atom is 4.00 e. The first-order valence-corrected chi connectivity index (χ1v) is 8.29. The minimum absolute atomic E-state index is 0. The molecule has 0 amide bonds. The SMILES string of the molecule is Cc1c(C)c(C)[c-](C)c1C.O=S([O-])Cc1ccccc1.[C-]#[O+].[C-]#[O+].[Fe+4]. The summed E-state index contributed by atoms with van der Waals surface area (Å²) < 4.78 is 35.3. The number of hydrogen-bond donors (Lipinski definition) is 0. The van der Waals surface area contributed by atoms with Crippen molar-refractivity contribution in [1.29, 1.82) is 0 Å². The van der Waals surface area contributed by atoms with E-state index in [4.69, 9.17) is 9.30 Å². The van der Waals surface area contributed by atoms with E-state index in [2.05, 4.69) is 47.9 Å². The third-order valence-electron chi connectivity index (χ3n) is 3.94. The topological polar surface area (TPSA) is 79.9 Å². The molecule has 134 valence electrons. The first-order valence-electron chi connectivity index (χ1n) is 7.04. The monoisotopic (exact) mass is 402 g/mol. The Labute approximate surface area is 163 Å². The maximum Gasteiger partial charge on any atom is 4.00 e. The molecule has 1 unspecified atom stereocenters. The predicted molar refractivity (Wildman–Crippen MR) is 92.6 cm³/mol. The number of hydrogen-bond acceptors (Lipinski definition) is 2. The van der Waals surface area contributed by atoms with Gasteiger partial charge >= 0.3 is 39.7 Å². The van der Waals surface area contributed by atoms with Crippen molar-refractivity contribution in [3.05, 3.63) is 77.0 Å². The molecule has 0 saturated carbocycles. The van der Waals surface area contributed by atoms with Gasteiger partial charge in [-0.25, -0.2) is 0 Å². The average Bonchev–Trinajstić information content (AvgIpc) is 2.77. The normalized spacial score (nSPS) is 9.52. The standard InChI is InChI=1S/C10H15.C7H8O2S.2CO.Fe/c1-6-7(2)9(4)10(5)8(6)3;8-10(9)6-7-4-2-1-3-5-7;2*1-2;/h1-5H3;1-5H,6H2,(H,8,9);;;/q-1;;;;+4/p-1. The molecule has 0 spiro atoms. The largest absolute Gasteiger partial charge is 4.00 e. The molecule has 0 radical (unpaired) electrons. The summed E-state index contributed by atoms with van der Waals surface area (Å²) in [5.74, 6) is 0.112. The summed E-state index contributed by atoms with van der Waals surface area (Å²) in [5, 5.41) is 0. The zero-order valence-electron chi connectivity index (χ0n) is 15.0. The molecule has 0 aliphatic heterocycles. The molecule has 2 aromatic rings. The van der Waals surface area contributed by atoms with Crippen molar-refractivity contribution < 1.29 is 35.1 Å². The summed E-state index contributed by atoms with van der Waals surface area (Å²) in [4.78, 5) is 0. The number of rotatable bonds is 2. The third-order valence-corrected chi connectivity index (χ3v) is 4.51. The molecule has 0 aliphatic carbocycles. The van der Waals surface area contributed by atoms with Crippen molar-refractivity contribution in [1.82, 2.24) is 0 Å². The van der Waals surface area contributed by atoms with Crippen molar-refractivity contribution in [2.45, 2.75) is 40.4 Å². The van der Waals surface area contributed by atoms with Gasteiger partial charge in [0, 0.05) is 5.75 Å². The summed E-state index contributed by atoms with van der Waals surface area (Å²) in [6.07, 6.45) is 0. The van der Waals surface area contributed by atoms with Crippen LogP contribution in [0.2, 0.25) is 0 Å². The van der Waals surface area contributed by atoms with Gasteiger partial charge in [0.25, 0.3) is 0 Å². The Balaban J connectivity index is -0.000000312. The van der Waals surface area contributed by atoms with Crippen molar-refractivity contribution in [2.24, 2.45) is 0 Å². The second-order valence-corrected chi connectivity index (χ2v) is 5.95. The fourth-order valence-electron chi connectivity index (χ4n) is 2.12. The fraction of sp³-hybridized carbons (Fsp3) is 0.316. The molecule has 0 bridgehead atoms. The molecule has 0 N–H and O–H groups in total. The Morgan fingerprint density at radius 2 is 1.32 bits per heavy atom. The van der Waals surface area contributed by atoms with Gasteiger partial charge in [-0.05, 0) is 5.56 Å². The molecule has 0 aliphatic rings. The molecular formula is C19H22FeO4S+2. The first-order chi connectivity index (χ1) is 11.3. The Morgan fingerprint density at radius 1 is 0.960 bits per heavy atom. The van der Waals surface area contributed by atoms with Gasteiger partial charge in [-0.2, -0.15) is 27.8 Å². The molecule has 2 rings (SSSR count). The molecule has 0 fully saturated rings. The van der Waals surface area contributed by atoms with E-state index in [0.717, 1.165) is 5.56 Å². The van der Waals surface area contributed by atoms with Crippen LogP contribution < -0.4 is 0 Å². The van der Waals surface area contributed by atoms with Crippen LogP contribution in [-0.2, 0) is 43.2 Å². The fourth-order valence-corrected chi connectivity index (χ4v) is 2.58. The van der Waals surface area contributed by atoms with Gasteiger partial charge in [0.2, 0.25) is 0 Å². The second-order valence-electron chi connectivity index (χ2n) is 5.06. The molecule has 0 saturated heterocycles. The summed E-state index contributed by atoms with van der Waals surface area (Å²) in [6.45, 7) is 20.0. The van der Waals surface area contributed by atoms with Gasteiger partial charge in [-0.15, -0.1) is 0 Å². The Kier molecular flexibility index (Phi) is 18.4. The van der Waals surface area contributed by atoms with Gasteiger partial charge in [-0.1, -0.05) is 76.0 Å². The van der Waals surface area contributed by atoms with Crippen molar-refractivity contribution in [3.8, 4) is 0 Å². The van der Waals surface area contributed by atoms with Crippen LogP contribution in [0.1, 0.15) is 33.4 Å². The maximum atomic E-state index is 10.2. The van der Waals surface area contributed by atoms with Gasteiger partial charge in [0.1, 0.15) is 0 Å². The molecule has 25 heavy (non-hydrogen) atoms. The molecule has 1 atom stereocenters. The van der Waals surface area contributed by atoms with Gasteiger partial charge in [0.05, 0.1) is 0 Å².